The molecule has 6 nitrogen and oxygen atoms in total. The maximum atomic E-state index is 12.2. The minimum Gasteiger partial charge on any atom is -0.491 e. The van der Waals surface area contributed by atoms with E-state index in [2.05, 4.69) is 18.0 Å². The van der Waals surface area contributed by atoms with E-state index in [4.69, 9.17) is 9.84 Å². The zero-order valence-electron chi connectivity index (χ0n) is 15.1. The molecule has 1 aliphatic heterocycles. The number of aryl methyl sites for hydroxylation is 1. The van der Waals surface area contributed by atoms with Gasteiger partial charge in [0.25, 0.3) is 0 Å². The number of rotatable bonds is 9. The number of carboxylic acid groups (broad SMARTS) is 1. The summed E-state index contributed by atoms with van der Waals surface area (Å²) < 4.78 is 6.64. The lowest BCUT2D eigenvalue weighted by molar-refractivity contribution is -0.129. The molecule has 1 aromatic heterocycles. The second-order valence-corrected chi connectivity index (χ2v) is 8.44. The van der Waals surface area contributed by atoms with Crippen LogP contribution in [0, 0.1) is 0 Å². The molecule has 0 bridgehead atoms. The topological polar surface area (TPSA) is 79.7 Å². The number of benzene rings is 1. The summed E-state index contributed by atoms with van der Waals surface area (Å²) in [6.45, 7) is 3.20. The summed E-state index contributed by atoms with van der Waals surface area (Å²) in [6, 6.07) is 8.12. The van der Waals surface area contributed by atoms with Gasteiger partial charge in [-0.1, -0.05) is 30.8 Å². The van der Waals surface area contributed by atoms with Crippen LogP contribution in [-0.4, -0.2) is 51.8 Å². The quantitative estimate of drug-likeness (QED) is 0.642. The Kier molecular flexibility index (Phi) is 6.73. The van der Waals surface area contributed by atoms with Gasteiger partial charge in [0.2, 0.25) is 5.91 Å². The molecule has 1 amide bonds. The number of likely N-dealkylation sites (tertiary alicyclic amines) is 1. The Morgan fingerprint density at radius 2 is 2.33 bits per heavy atom. The van der Waals surface area contributed by atoms with Gasteiger partial charge >= 0.3 is 5.97 Å². The minimum absolute atomic E-state index is 0.0698. The number of thioether (sulfide) groups is 1. The van der Waals surface area contributed by atoms with Gasteiger partial charge < -0.3 is 14.7 Å². The first kappa shape index (κ1) is 19.7. The number of amides is 1. The molecule has 1 atom stereocenters. The standard InChI is InChI=1S/C19H22N2O4S2/c1-2-13-4-3-5-15(10-13)25-11-14-6-7-17(22)21(14)8-9-26-19-20-16(12-27-19)18(23)24/h3-5,10,12,14H,2,6-9,11H2,1H3,(H,23,24)/t14-/m1/s1. The Hall–Kier alpha value is -2.06. The number of carbonyl (C=O) groups is 2. The van der Waals surface area contributed by atoms with Crippen molar-refractivity contribution in [1.29, 1.82) is 0 Å². The number of hydrogen-bond acceptors (Lipinski definition) is 6. The van der Waals surface area contributed by atoms with E-state index in [0.717, 1.165) is 18.6 Å². The van der Waals surface area contributed by atoms with Crippen LogP contribution in [0.4, 0.5) is 0 Å². The minimum atomic E-state index is -1.02. The largest absolute Gasteiger partial charge is 0.491 e. The Morgan fingerprint density at radius 1 is 1.48 bits per heavy atom. The number of aromatic nitrogens is 1. The van der Waals surface area contributed by atoms with Crippen LogP contribution in [0.2, 0.25) is 0 Å². The van der Waals surface area contributed by atoms with Gasteiger partial charge in [-0.25, -0.2) is 9.78 Å². The fourth-order valence-electron chi connectivity index (χ4n) is 2.97. The molecule has 3 rings (SSSR count). The molecule has 0 saturated carbocycles. The van der Waals surface area contributed by atoms with Crippen molar-refractivity contribution in [2.24, 2.45) is 0 Å². The molecule has 27 heavy (non-hydrogen) atoms. The second-order valence-electron chi connectivity index (χ2n) is 6.24. The van der Waals surface area contributed by atoms with Gasteiger partial charge in [-0.15, -0.1) is 11.3 Å². The predicted octanol–water partition coefficient (Wildman–Crippen LogP) is 3.57. The van der Waals surface area contributed by atoms with Gasteiger partial charge in [0.1, 0.15) is 12.4 Å². The number of hydrogen-bond donors (Lipinski definition) is 1. The highest BCUT2D eigenvalue weighted by Gasteiger charge is 2.31. The van der Waals surface area contributed by atoms with E-state index in [1.54, 1.807) is 0 Å². The summed E-state index contributed by atoms with van der Waals surface area (Å²) in [4.78, 5) is 29.0. The van der Waals surface area contributed by atoms with Crippen LogP contribution in [0.1, 0.15) is 35.8 Å². The summed E-state index contributed by atoms with van der Waals surface area (Å²) in [5.74, 6) is 0.654. The van der Waals surface area contributed by atoms with E-state index in [1.807, 2.05) is 23.1 Å². The fourth-order valence-corrected chi connectivity index (χ4v) is 4.78. The average molecular weight is 407 g/mol. The summed E-state index contributed by atoms with van der Waals surface area (Å²) in [6.07, 6.45) is 2.31. The lowest BCUT2D eigenvalue weighted by Crippen LogP contribution is -2.38. The van der Waals surface area contributed by atoms with E-state index in [-0.39, 0.29) is 17.6 Å². The van der Waals surface area contributed by atoms with Crippen molar-refractivity contribution in [3.63, 3.8) is 0 Å². The van der Waals surface area contributed by atoms with Crippen LogP contribution in [0.3, 0.4) is 0 Å². The van der Waals surface area contributed by atoms with E-state index in [1.165, 1.54) is 34.0 Å². The summed E-state index contributed by atoms with van der Waals surface area (Å²) in [5, 5.41) is 10.5. The van der Waals surface area contributed by atoms with Crippen molar-refractivity contribution in [3.05, 3.63) is 40.9 Å². The van der Waals surface area contributed by atoms with Crippen molar-refractivity contribution < 1.29 is 19.4 Å². The van der Waals surface area contributed by atoms with Crippen LogP contribution < -0.4 is 4.74 Å². The molecule has 0 radical (unpaired) electrons. The first-order valence-corrected chi connectivity index (χ1v) is 10.8. The first-order valence-electron chi connectivity index (χ1n) is 8.89. The summed E-state index contributed by atoms with van der Waals surface area (Å²) in [7, 11) is 0. The maximum Gasteiger partial charge on any atom is 0.355 e. The SMILES string of the molecule is CCc1cccc(OC[C@H]2CCC(=O)N2CCSc2nc(C(=O)O)cs2)c1. The first-order chi connectivity index (χ1) is 13.1. The molecule has 0 spiro atoms. The smallest absolute Gasteiger partial charge is 0.355 e. The van der Waals surface area contributed by atoms with Gasteiger partial charge in [-0.2, -0.15) is 0 Å². The molecule has 2 heterocycles. The van der Waals surface area contributed by atoms with Crippen molar-refractivity contribution in [2.45, 2.75) is 36.6 Å². The highest BCUT2D eigenvalue weighted by molar-refractivity contribution is 8.01. The molecule has 1 aliphatic rings. The molecule has 1 N–H and O–H groups in total. The maximum absolute atomic E-state index is 12.2. The van der Waals surface area contributed by atoms with Crippen molar-refractivity contribution in [3.8, 4) is 5.75 Å². The Labute approximate surface area is 166 Å². The lowest BCUT2D eigenvalue weighted by atomic mass is 10.2. The number of carboxylic acids is 1. The third kappa shape index (κ3) is 5.23. The second kappa shape index (κ2) is 9.23. The third-order valence-corrected chi connectivity index (χ3v) is 6.46. The highest BCUT2D eigenvalue weighted by Crippen LogP contribution is 2.25. The van der Waals surface area contributed by atoms with Gasteiger partial charge in [-0.05, 0) is 30.5 Å². The molecule has 2 aromatic rings. The van der Waals surface area contributed by atoms with Gasteiger partial charge in [0.15, 0.2) is 10.0 Å². The van der Waals surface area contributed by atoms with E-state index in [9.17, 15) is 9.59 Å². The number of carbonyl (C=O) groups excluding carboxylic acids is 1. The highest BCUT2D eigenvalue weighted by atomic mass is 32.2. The molecule has 0 unspecified atom stereocenters. The van der Waals surface area contributed by atoms with E-state index in [0.29, 0.717) is 29.7 Å². The van der Waals surface area contributed by atoms with Crippen LogP contribution in [0.5, 0.6) is 5.75 Å². The van der Waals surface area contributed by atoms with Crippen molar-refractivity contribution in [2.75, 3.05) is 18.9 Å². The van der Waals surface area contributed by atoms with Gasteiger partial charge in [0, 0.05) is 24.1 Å². The van der Waals surface area contributed by atoms with Crippen LogP contribution in [0.15, 0.2) is 34.0 Å². The Balaban J connectivity index is 1.50. The average Bonchev–Trinajstić information content (AvgIpc) is 3.28. The zero-order chi connectivity index (χ0) is 19.2. The van der Waals surface area contributed by atoms with Gasteiger partial charge in [0.05, 0.1) is 6.04 Å². The molecule has 0 aliphatic carbocycles. The van der Waals surface area contributed by atoms with Crippen molar-refractivity contribution in [1.82, 2.24) is 9.88 Å². The molecular formula is C19H22N2O4S2. The number of thiazole rings is 1. The van der Waals surface area contributed by atoms with Crippen LogP contribution in [0.25, 0.3) is 0 Å². The molecule has 8 heteroatoms. The van der Waals surface area contributed by atoms with E-state index < -0.39 is 5.97 Å². The number of nitrogens with zero attached hydrogens (tertiary/aromatic N) is 2. The molecule has 1 fully saturated rings. The number of ether oxygens (including phenoxy) is 1. The van der Waals surface area contributed by atoms with Gasteiger partial charge in [-0.3, -0.25) is 4.79 Å². The lowest BCUT2D eigenvalue weighted by Gasteiger charge is -2.24. The van der Waals surface area contributed by atoms with Crippen molar-refractivity contribution >= 4 is 35.0 Å². The molecule has 144 valence electrons. The molecule has 1 aromatic carbocycles. The third-order valence-electron chi connectivity index (χ3n) is 4.46. The molecular weight excluding hydrogens is 384 g/mol. The molecule has 1 saturated heterocycles. The van der Waals surface area contributed by atoms with Crippen LogP contribution >= 0.6 is 23.1 Å². The Morgan fingerprint density at radius 3 is 3.07 bits per heavy atom. The summed E-state index contributed by atoms with van der Waals surface area (Å²) in [5.41, 5.74) is 1.30. The summed E-state index contributed by atoms with van der Waals surface area (Å²) >= 11 is 2.79. The Bertz CT molecular complexity index is 809. The number of aromatic carboxylic acids is 1. The van der Waals surface area contributed by atoms with E-state index >= 15 is 0 Å². The fraction of sp³-hybridized carbons (Fsp3) is 0.421. The van der Waals surface area contributed by atoms with Crippen LogP contribution in [-0.2, 0) is 11.2 Å². The predicted molar refractivity (Wildman–Crippen MR) is 106 cm³/mol. The monoisotopic (exact) mass is 406 g/mol. The zero-order valence-corrected chi connectivity index (χ0v) is 16.7. The normalized spacial score (nSPS) is 16.7.